The molecular weight excluding hydrogens is 186 g/mol. The van der Waals surface area contributed by atoms with E-state index in [9.17, 15) is 0 Å². The molecule has 0 heterocycles. The molecule has 0 spiro atoms. The van der Waals surface area contributed by atoms with Crippen molar-refractivity contribution in [2.45, 2.75) is 0 Å². The first-order valence-corrected chi connectivity index (χ1v) is 5.02. The van der Waals surface area contributed by atoms with Crippen LogP contribution in [-0.2, 0) is 0 Å². The monoisotopic (exact) mass is 201 g/mol. The summed E-state index contributed by atoms with van der Waals surface area (Å²) in [6.07, 6.45) is 0. The lowest BCUT2D eigenvalue weighted by molar-refractivity contribution is 0.117. The van der Waals surface area contributed by atoms with Gasteiger partial charge in [-0.1, -0.05) is 0 Å². The summed E-state index contributed by atoms with van der Waals surface area (Å²) >= 11 is 0. The molecule has 0 rings (SSSR count). The third kappa shape index (κ3) is 51.2. The normalized spacial score (nSPS) is 10.5. The summed E-state index contributed by atoms with van der Waals surface area (Å²) in [5.41, 5.74) is 0. The third-order valence-electron chi connectivity index (χ3n) is 0.577. The van der Waals surface area contributed by atoms with E-state index in [2.05, 4.69) is 5.32 Å². The molecule has 76 valence electrons. The molecular formula is C4H15NO6Si. The molecule has 12 heavy (non-hydrogen) atoms. The molecule has 0 radical (unpaired) electrons. The predicted octanol–water partition coefficient (Wildman–Crippen LogP) is -4.05. The topological polar surface area (TPSA) is 133 Å². The van der Waals surface area contributed by atoms with Crippen LogP contribution in [0.4, 0.5) is 0 Å². The van der Waals surface area contributed by atoms with Gasteiger partial charge in [0.2, 0.25) is 0 Å². The van der Waals surface area contributed by atoms with Crippen molar-refractivity contribution >= 4 is 9.05 Å². The lowest BCUT2D eigenvalue weighted by Crippen LogP contribution is -2.33. The Hall–Kier alpha value is -0.0631. The molecule has 0 bridgehead atoms. The second kappa shape index (κ2) is 9.03. The van der Waals surface area contributed by atoms with Gasteiger partial charge in [0, 0.05) is 13.1 Å². The van der Waals surface area contributed by atoms with Crippen LogP contribution in [0.15, 0.2) is 0 Å². The van der Waals surface area contributed by atoms with E-state index in [-0.39, 0.29) is 13.2 Å². The highest BCUT2D eigenvalue weighted by molar-refractivity contribution is 6.46. The molecule has 0 aliphatic carbocycles. The molecule has 0 aromatic heterocycles. The molecule has 8 heteroatoms. The fourth-order valence-corrected chi connectivity index (χ4v) is 0.283. The van der Waals surface area contributed by atoms with Gasteiger partial charge >= 0.3 is 9.05 Å². The first-order chi connectivity index (χ1) is 5.41. The van der Waals surface area contributed by atoms with Crippen molar-refractivity contribution in [1.82, 2.24) is 5.32 Å². The molecule has 0 unspecified atom stereocenters. The summed E-state index contributed by atoms with van der Waals surface area (Å²) in [5.74, 6) is 0. The molecule has 0 aliphatic rings. The van der Waals surface area contributed by atoms with Crippen molar-refractivity contribution in [2.24, 2.45) is 0 Å². The maximum absolute atomic E-state index is 8.15. The first-order valence-electron chi connectivity index (χ1n) is 3.23. The van der Waals surface area contributed by atoms with Crippen LogP contribution < -0.4 is 5.32 Å². The number of hydrogen-bond acceptors (Lipinski definition) is 7. The van der Waals surface area contributed by atoms with Gasteiger partial charge in [-0.05, 0) is 0 Å². The van der Waals surface area contributed by atoms with E-state index in [0.29, 0.717) is 13.1 Å². The summed E-state index contributed by atoms with van der Waals surface area (Å²) in [6.45, 7) is 1.42. The van der Waals surface area contributed by atoms with Gasteiger partial charge in [-0.2, -0.15) is 0 Å². The number of aliphatic hydroxyl groups excluding tert-OH is 2. The number of nitrogens with one attached hydrogen (secondary N) is 1. The molecule has 0 aromatic carbocycles. The Labute approximate surface area is 71.0 Å². The van der Waals surface area contributed by atoms with Crippen LogP contribution in [-0.4, -0.2) is 64.7 Å². The van der Waals surface area contributed by atoms with Gasteiger partial charge in [0.05, 0.1) is 13.2 Å². The summed E-state index contributed by atoms with van der Waals surface area (Å²) < 4.78 is 0. The third-order valence-corrected chi connectivity index (χ3v) is 0.577. The zero-order chi connectivity index (χ0) is 10.0. The summed E-state index contributed by atoms with van der Waals surface area (Å²) in [7, 11) is -4.61. The maximum atomic E-state index is 8.15. The van der Waals surface area contributed by atoms with Gasteiger partial charge < -0.3 is 34.7 Å². The van der Waals surface area contributed by atoms with Crippen LogP contribution in [0.2, 0.25) is 0 Å². The highest BCUT2D eigenvalue weighted by Gasteiger charge is 2.22. The highest BCUT2D eigenvalue weighted by atomic mass is 28.4. The molecule has 0 atom stereocenters. The van der Waals surface area contributed by atoms with E-state index in [1.54, 1.807) is 0 Å². The van der Waals surface area contributed by atoms with Gasteiger partial charge in [0.15, 0.2) is 0 Å². The minimum atomic E-state index is -4.61. The number of rotatable bonds is 4. The molecule has 0 saturated heterocycles. The Bertz CT molecular complexity index is 76.1. The molecule has 0 aromatic rings. The Morgan fingerprint density at radius 1 is 0.833 bits per heavy atom. The van der Waals surface area contributed by atoms with Gasteiger partial charge in [-0.3, -0.25) is 0 Å². The van der Waals surface area contributed by atoms with E-state index in [4.69, 9.17) is 29.4 Å². The van der Waals surface area contributed by atoms with Gasteiger partial charge in [-0.25, -0.2) is 0 Å². The highest BCUT2D eigenvalue weighted by Crippen LogP contribution is 1.67. The Balaban J connectivity index is 0. The fourth-order valence-electron chi connectivity index (χ4n) is 0.283. The van der Waals surface area contributed by atoms with E-state index in [0.717, 1.165) is 0 Å². The van der Waals surface area contributed by atoms with Crippen molar-refractivity contribution in [1.29, 1.82) is 0 Å². The van der Waals surface area contributed by atoms with E-state index < -0.39 is 9.05 Å². The molecule has 0 aliphatic heterocycles. The minimum absolute atomic E-state index is 0.139. The summed E-state index contributed by atoms with van der Waals surface area (Å²) in [5, 5.41) is 19.1. The van der Waals surface area contributed by atoms with Crippen molar-refractivity contribution in [3.8, 4) is 0 Å². The fraction of sp³-hybridized carbons (Fsp3) is 1.00. The van der Waals surface area contributed by atoms with Crippen molar-refractivity contribution < 1.29 is 29.4 Å². The standard InChI is InChI=1S/C4H11NO2.H4O4Si/c6-3-1-5-2-4-7;1-5(2,3)4/h5-7H,1-4H2;1-4H. The second-order valence-corrected chi connectivity index (χ2v) is 3.00. The Morgan fingerprint density at radius 3 is 1.25 bits per heavy atom. The second-order valence-electron chi connectivity index (χ2n) is 1.80. The van der Waals surface area contributed by atoms with Crippen molar-refractivity contribution in [2.75, 3.05) is 26.3 Å². The molecule has 0 saturated carbocycles. The van der Waals surface area contributed by atoms with Crippen LogP contribution in [0.25, 0.3) is 0 Å². The molecule has 7 N–H and O–H groups in total. The van der Waals surface area contributed by atoms with Crippen LogP contribution in [0.1, 0.15) is 0 Å². The van der Waals surface area contributed by atoms with E-state index in [1.807, 2.05) is 0 Å². The lowest BCUT2D eigenvalue weighted by Gasteiger charge is -1.94. The lowest BCUT2D eigenvalue weighted by atomic mass is 10.6. The molecule has 7 nitrogen and oxygen atoms in total. The zero-order valence-corrected chi connectivity index (χ0v) is 7.51. The number of aliphatic hydroxyl groups is 2. The summed E-state index contributed by atoms with van der Waals surface area (Å²) in [6, 6.07) is 0. The smallest absolute Gasteiger partial charge is 0.395 e. The quantitative estimate of drug-likeness (QED) is 0.182. The number of hydrogen-bond donors (Lipinski definition) is 7. The van der Waals surface area contributed by atoms with Crippen LogP contribution in [0.5, 0.6) is 0 Å². The SMILES string of the molecule is OCCNCCO.O[Si](O)(O)O. The Kier molecular flexibility index (Phi) is 10.9. The van der Waals surface area contributed by atoms with E-state index >= 15 is 0 Å². The molecule has 0 fully saturated rings. The average molecular weight is 201 g/mol. The van der Waals surface area contributed by atoms with E-state index in [1.165, 1.54) is 0 Å². The Morgan fingerprint density at radius 2 is 1.08 bits per heavy atom. The first kappa shape index (κ1) is 14.5. The maximum Gasteiger partial charge on any atom is 0.668 e. The zero-order valence-electron chi connectivity index (χ0n) is 6.51. The predicted molar refractivity (Wildman–Crippen MR) is 41.7 cm³/mol. The largest absolute Gasteiger partial charge is 0.668 e. The van der Waals surface area contributed by atoms with Gasteiger partial charge in [-0.15, -0.1) is 0 Å². The van der Waals surface area contributed by atoms with Crippen molar-refractivity contribution in [3.63, 3.8) is 0 Å². The minimum Gasteiger partial charge on any atom is -0.395 e. The van der Waals surface area contributed by atoms with Crippen LogP contribution >= 0.6 is 0 Å². The van der Waals surface area contributed by atoms with Crippen molar-refractivity contribution in [3.05, 3.63) is 0 Å². The van der Waals surface area contributed by atoms with Crippen LogP contribution in [0.3, 0.4) is 0 Å². The van der Waals surface area contributed by atoms with Crippen LogP contribution in [0, 0.1) is 0 Å². The molecule has 0 amide bonds. The average Bonchev–Trinajstić information content (AvgIpc) is 1.85. The van der Waals surface area contributed by atoms with Gasteiger partial charge in [0.25, 0.3) is 0 Å². The summed E-state index contributed by atoms with van der Waals surface area (Å²) in [4.78, 5) is 29.3. The van der Waals surface area contributed by atoms with Gasteiger partial charge in [0.1, 0.15) is 0 Å².